The van der Waals surface area contributed by atoms with Crippen LogP contribution in [0.4, 0.5) is 0 Å². The van der Waals surface area contributed by atoms with Crippen molar-refractivity contribution in [1.29, 1.82) is 0 Å². The Morgan fingerprint density at radius 2 is 2.12 bits per heavy atom. The molecule has 0 aliphatic carbocycles. The first-order chi connectivity index (χ1) is 7.41. The van der Waals surface area contributed by atoms with Gasteiger partial charge in [0.15, 0.2) is 5.89 Å². The number of carbonyl (C=O) groups excluding carboxylic acids is 1. The molecule has 1 amide bonds. The van der Waals surface area contributed by atoms with Gasteiger partial charge in [-0.15, -0.1) is 11.6 Å². The molecule has 0 aliphatic rings. The van der Waals surface area contributed by atoms with E-state index >= 15 is 0 Å². The summed E-state index contributed by atoms with van der Waals surface area (Å²) in [6, 6.07) is 0. The first-order valence-corrected chi connectivity index (χ1v) is 5.73. The Hall–Kier alpha value is -1.03. The minimum Gasteiger partial charge on any atom is -0.443 e. The van der Waals surface area contributed by atoms with Crippen LogP contribution in [-0.2, 0) is 11.3 Å². The summed E-state index contributed by atoms with van der Waals surface area (Å²) in [5, 5.41) is 2.15. The molecule has 1 N–H and O–H groups in total. The average Bonchev–Trinajstić information content (AvgIpc) is 2.56. The van der Waals surface area contributed by atoms with E-state index in [1.54, 1.807) is 6.92 Å². The molecule has 0 radical (unpaired) electrons. The Bertz CT molecular complexity index is 372. The Morgan fingerprint density at radius 1 is 1.50 bits per heavy atom. The maximum Gasteiger partial charge on any atom is 0.238 e. The van der Waals surface area contributed by atoms with Crippen molar-refractivity contribution in [1.82, 2.24) is 10.3 Å². The molecular formula is C11H17ClN2O2. The summed E-state index contributed by atoms with van der Waals surface area (Å²) in [5.74, 6) is 1.42. The van der Waals surface area contributed by atoms with Crippen molar-refractivity contribution in [2.75, 3.05) is 0 Å². The van der Waals surface area contributed by atoms with Gasteiger partial charge in [-0.05, 0) is 13.8 Å². The second kappa shape index (κ2) is 5.34. The number of nitrogens with one attached hydrogen (secondary N) is 1. The number of halogens is 1. The minimum absolute atomic E-state index is 0.205. The summed E-state index contributed by atoms with van der Waals surface area (Å²) in [5.41, 5.74) is 0.811. The standard InChI is InChI=1S/C11H17ClN2O2/c1-6(2)11-14-8(4)9(16-11)5-13-10(15)7(3)12/h6-7H,5H2,1-4H3,(H,13,15). The molecule has 0 saturated carbocycles. The van der Waals surface area contributed by atoms with Crippen molar-refractivity contribution in [2.45, 2.75) is 45.5 Å². The molecule has 1 unspecified atom stereocenters. The van der Waals surface area contributed by atoms with Crippen LogP contribution in [0.25, 0.3) is 0 Å². The maximum absolute atomic E-state index is 11.3. The van der Waals surface area contributed by atoms with Crippen LogP contribution in [0, 0.1) is 6.92 Å². The third kappa shape index (κ3) is 3.23. The topological polar surface area (TPSA) is 55.1 Å². The van der Waals surface area contributed by atoms with E-state index in [2.05, 4.69) is 10.3 Å². The fourth-order valence-corrected chi connectivity index (χ4v) is 1.25. The smallest absolute Gasteiger partial charge is 0.238 e. The van der Waals surface area contributed by atoms with Gasteiger partial charge in [0.25, 0.3) is 0 Å². The van der Waals surface area contributed by atoms with Gasteiger partial charge < -0.3 is 9.73 Å². The van der Waals surface area contributed by atoms with Gasteiger partial charge in [-0.25, -0.2) is 4.98 Å². The Balaban J connectivity index is 2.64. The number of aryl methyl sites for hydroxylation is 1. The van der Waals surface area contributed by atoms with E-state index in [1.807, 2.05) is 20.8 Å². The summed E-state index contributed by atoms with van der Waals surface area (Å²) < 4.78 is 5.54. The predicted octanol–water partition coefficient (Wildman–Crippen LogP) is 2.35. The number of nitrogens with zero attached hydrogens (tertiary/aromatic N) is 1. The highest BCUT2D eigenvalue weighted by Gasteiger charge is 2.14. The third-order valence-corrected chi connectivity index (χ3v) is 2.39. The zero-order chi connectivity index (χ0) is 12.3. The lowest BCUT2D eigenvalue weighted by Gasteiger charge is -2.04. The molecule has 5 heteroatoms. The number of oxazole rings is 1. The number of carbonyl (C=O) groups is 1. The summed E-state index contributed by atoms with van der Waals surface area (Å²) >= 11 is 5.63. The summed E-state index contributed by atoms with van der Waals surface area (Å²) in [4.78, 5) is 15.5. The number of hydrogen-bond acceptors (Lipinski definition) is 3. The van der Waals surface area contributed by atoms with Crippen molar-refractivity contribution in [2.24, 2.45) is 0 Å². The van der Waals surface area contributed by atoms with Crippen LogP contribution in [0.3, 0.4) is 0 Å². The molecular weight excluding hydrogens is 228 g/mol. The van der Waals surface area contributed by atoms with E-state index in [0.717, 1.165) is 5.69 Å². The van der Waals surface area contributed by atoms with Crippen LogP contribution in [-0.4, -0.2) is 16.3 Å². The van der Waals surface area contributed by atoms with Gasteiger partial charge in [0, 0.05) is 5.92 Å². The quantitative estimate of drug-likeness (QED) is 0.828. The van der Waals surface area contributed by atoms with E-state index in [1.165, 1.54) is 0 Å². The average molecular weight is 245 g/mol. The highest BCUT2D eigenvalue weighted by Crippen LogP contribution is 2.17. The van der Waals surface area contributed by atoms with Crippen molar-refractivity contribution in [3.8, 4) is 0 Å². The molecule has 4 nitrogen and oxygen atoms in total. The molecule has 1 atom stereocenters. The molecule has 90 valence electrons. The van der Waals surface area contributed by atoms with Gasteiger partial charge in [-0.1, -0.05) is 13.8 Å². The second-order valence-electron chi connectivity index (χ2n) is 4.05. The summed E-state index contributed by atoms with van der Waals surface area (Å²) in [6.45, 7) is 7.84. The SMILES string of the molecule is Cc1nc(C(C)C)oc1CNC(=O)C(C)Cl. The number of aromatic nitrogens is 1. The largest absolute Gasteiger partial charge is 0.443 e. The van der Waals surface area contributed by atoms with Crippen LogP contribution in [0.1, 0.15) is 44.0 Å². The molecule has 16 heavy (non-hydrogen) atoms. The Kier molecular flexibility index (Phi) is 4.35. The fraction of sp³-hybridized carbons (Fsp3) is 0.636. The third-order valence-electron chi connectivity index (χ3n) is 2.19. The van der Waals surface area contributed by atoms with Crippen LogP contribution in [0.5, 0.6) is 0 Å². The number of alkyl halides is 1. The van der Waals surface area contributed by atoms with E-state index in [-0.39, 0.29) is 11.8 Å². The van der Waals surface area contributed by atoms with Crippen molar-refractivity contribution in [3.05, 3.63) is 17.3 Å². The van der Waals surface area contributed by atoms with Crippen LogP contribution >= 0.6 is 11.6 Å². The van der Waals surface area contributed by atoms with Crippen LogP contribution < -0.4 is 5.32 Å². The molecule has 0 saturated heterocycles. The first-order valence-electron chi connectivity index (χ1n) is 5.29. The normalized spacial score (nSPS) is 12.9. The monoisotopic (exact) mass is 244 g/mol. The fourth-order valence-electron chi connectivity index (χ4n) is 1.17. The summed E-state index contributed by atoms with van der Waals surface area (Å²) in [6.07, 6.45) is 0. The summed E-state index contributed by atoms with van der Waals surface area (Å²) in [7, 11) is 0. The number of amides is 1. The zero-order valence-corrected chi connectivity index (χ0v) is 10.8. The zero-order valence-electron chi connectivity index (χ0n) is 10.0. The lowest BCUT2D eigenvalue weighted by atomic mass is 10.2. The van der Waals surface area contributed by atoms with Gasteiger partial charge in [-0.2, -0.15) is 0 Å². The van der Waals surface area contributed by atoms with Gasteiger partial charge in [-0.3, -0.25) is 4.79 Å². The van der Waals surface area contributed by atoms with Crippen molar-refractivity contribution >= 4 is 17.5 Å². The molecule has 1 aromatic heterocycles. The van der Waals surface area contributed by atoms with Crippen molar-refractivity contribution in [3.63, 3.8) is 0 Å². The van der Waals surface area contributed by atoms with Gasteiger partial charge in [0.05, 0.1) is 12.2 Å². The highest BCUT2D eigenvalue weighted by molar-refractivity contribution is 6.30. The predicted molar refractivity (Wildman–Crippen MR) is 62.5 cm³/mol. The lowest BCUT2D eigenvalue weighted by Crippen LogP contribution is -2.29. The second-order valence-corrected chi connectivity index (χ2v) is 4.70. The highest BCUT2D eigenvalue weighted by atomic mass is 35.5. The van der Waals surface area contributed by atoms with E-state index < -0.39 is 5.38 Å². The van der Waals surface area contributed by atoms with E-state index in [9.17, 15) is 4.79 Å². The minimum atomic E-state index is -0.534. The van der Waals surface area contributed by atoms with Gasteiger partial charge in [0.2, 0.25) is 5.91 Å². The van der Waals surface area contributed by atoms with E-state index in [0.29, 0.717) is 18.2 Å². The maximum atomic E-state index is 11.3. The number of hydrogen-bond donors (Lipinski definition) is 1. The Morgan fingerprint density at radius 3 is 2.56 bits per heavy atom. The molecule has 1 heterocycles. The Labute approximate surface area is 100 Å². The van der Waals surface area contributed by atoms with E-state index in [4.69, 9.17) is 16.0 Å². The lowest BCUT2D eigenvalue weighted by molar-refractivity contribution is -0.120. The molecule has 1 aromatic rings. The molecule has 0 fully saturated rings. The van der Waals surface area contributed by atoms with Gasteiger partial charge >= 0.3 is 0 Å². The van der Waals surface area contributed by atoms with Crippen LogP contribution in [0.15, 0.2) is 4.42 Å². The molecule has 0 aliphatic heterocycles. The molecule has 0 bridgehead atoms. The van der Waals surface area contributed by atoms with Crippen LogP contribution in [0.2, 0.25) is 0 Å². The van der Waals surface area contributed by atoms with Crippen molar-refractivity contribution < 1.29 is 9.21 Å². The first kappa shape index (κ1) is 13.0. The molecule has 1 rings (SSSR count). The molecule has 0 spiro atoms. The van der Waals surface area contributed by atoms with Gasteiger partial charge in [0.1, 0.15) is 11.1 Å². The number of rotatable bonds is 4. The molecule has 0 aromatic carbocycles.